The number of ether oxygens (including phenoxy) is 7. The van der Waals surface area contributed by atoms with Crippen LogP contribution in [0.15, 0.2) is 42.5 Å². The van der Waals surface area contributed by atoms with Crippen LogP contribution in [-0.4, -0.2) is 179 Å². The van der Waals surface area contributed by atoms with Crippen LogP contribution in [0.1, 0.15) is 18.1 Å². The van der Waals surface area contributed by atoms with E-state index < -0.39 is 117 Å². The Morgan fingerprint density at radius 3 is 2.00 bits per heavy atom. The van der Waals surface area contributed by atoms with Gasteiger partial charge < -0.3 is 94.4 Å². The van der Waals surface area contributed by atoms with Gasteiger partial charge in [0.25, 0.3) is 0 Å². The van der Waals surface area contributed by atoms with Crippen molar-refractivity contribution in [3.05, 3.63) is 53.6 Å². The van der Waals surface area contributed by atoms with Crippen molar-refractivity contribution in [2.75, 3.05) is 19.8 Å². The van der Waals surface area contributed by atoms with Gasteiger partial charge in [0, 0.05) is 6.08 Å². The number of aromatic hydroxyl groups is 4. The first kappa shape index (κ1) is 42.4. The zero-order chi connectivity index (χ0) is 40.1. The number of phenols is 4. The second-order valence-electron chi connectivity index (χ2n) is 13.3. The fourth-order valence-corrected chi connectivity index (χ4v) is 6.12. The maximum atomic E-state index is 12.6. The van der Waals surface area contributed by atoms with Crippen LogP contribution >= 0.6 is 0 Å². The summed E-state index contributed by atoms with van der Waals surface area (Å²) in [7, 11) is 0. The molecule has 0 aromatic heterocycles. The van der Waals surface area contributed by atoms with Crippen LogP contribution in [0.5, 0.6) is 23.0 Å². The quantitative estimate of drug-likeness (QED) is 0.0541. The first-order chi connectivity index (χ1) is 26.1. The molecule has 0 radical (unpaired) electrons. The third-order valence-corrected chi connectivity index (χ3v) is 9.37. The van der Waals surface area contributed by atoms with Crippen molar-refractivity contribution in [3.63, 3.8) is 0 Å². The smallest absolute Gasteiger partial charge is 0.330 e. The minimum Gasteiger partial charge on any atom is -0.504 e. The van der Waals surface area contributed by atoms with Gasteiger partial charge in [0.15, 0.2) is 41.9 Å². The summed E-state index contributed by atoms with van der Waals surface area (Å²) in [6.45, 7) is -0.231. The summed E-state index contributed by atoms with van der Waals surface area (Å²) < 4.78 is 39.6. The van der Waals surface area contributed by atoms with Gasteiger partial charge in [-0.25, -0.2) is 4.79 Å². The van der Waals surface area contributed by atoms with Crippen molar-refractivity contribution < 1.29 is 99.2 Å². The Morgan fingerprint density at radius 2 is 1.33 bits per heavy atom. The minimum absolute atomic E-state index is 0.133. The molecule has 3 saturated heterocycles. The molecule has 15 atom stereocenters. The molecular weight excluding hydrogens is 740 g/mol. The summed E-state index contributed by atoms with van der Waals surface area (Å²) >= 11 is 0. The van der Waals surface area contributed by atoms with Crippen molar-refractivity contribution in [2.24, 2.45) is 0 Å². The van der Waals surface area contributed by atoms with Gasteiger partial charge in [-0.15, -0.1) is 0 Å². The number of rotatable bonds is 13. The molecule has 3 aliphatic heterocycles. The van der Waals surface area contributed by atoms with Gasteiger partial charge in [0.2, 0.25) is 0 Å². The summed E-state index contributed by atoms with van der Waals surface area (Å²) in [5.41, 5.74) is 0.862. The van der Waals surface area contributed by atoms with Crippen LogP contribution in [0.25, 0.3) is 6.08 Å². The Morgan fingerprint density at radius 1 is 0.673 bits per heavy atom. The van der Waals surface area contributed by atoms with E-state index in [4.69, 9.17) is 33.2 Å². The highest BCUT2D eigenvalue weighted by Crippen LogP contribution is 2.34. The Hall–Kier alpha value is -3.71. The van der Waals surface area contributed by atoms with Crippen LogP contribution in [0.4, 0.5) is 0 Å². The standard InChI is InChI=1S/C35H46O20/c1-14-24(42)28(46)32(55-34-29(47)27(45)25(43)21(12-36)52-34)35(51-14)54-31-26(44)22(13-50-23(41)7-4-15-2-5-17(37)19(39)10-15)53-33(30(31)48)49-9-8-16-3-6-18(38)20(40)11-16/h2-7,10-11,14,21-22,24-40,42-48H,8-9,12-13H2,1H3/b7-4+. The van der Waals surface area contributed by atoms with E-state index >= 15 is 0 Å². The number of aliphatic hydroxyl groups is 8. The average Bonchev–Trinajstić information content (AvgIpc) is 3.16. The SMILES string of the molecule is CC1OC(OC2C(O)C(COC(=O)/C=C/c3ccc(O)c(O)c3)OC(OCCc3ccc(O)c(O)c3)C2O)C(OC2OC(CO)C(O)C(O)C2O)C(O)C1O. The van der Waals surface area contributed by atoms with Crippen molar-refractivity contribution in [3.8, 4) is 23.0 Å². The molecule has 306 valence electrons. The summed E-state index contributed by atoms with van der Waals surface area (Å²) in [5, 5.41) is 124. The lowest BCUT2D eigenvalue weighted by atomic mass is 9.96. The van der Waals surface area contributed by atoms with E-state index in [2.05, 4.69) is 0 Å². The van der Waals surface area contributed by atoms with Gasteiger partial charge in [0.1, 0.15) is 73.8 Å². The molecule has 20 nitrogen and oxygen atoms in total. The van der Waals surface area contributed by atoms with E-state index in [9.17, 15) is 66.1 Å². The number of phenolic OH excluding ortho intramolecular Hbond substituents is 4. The number of aliphatic hydroxyl groups excluding tert-OH is 8. The summed E-state index contributed by atoms with van der Waals surface area (Å²) in [6, 6.07) is 7.88. The van der Waals surface area contributed by atoms with Gasteiger partial charge in [-0.3, -0.25) is 0 Å². The summed E-state index contributed by atoms with van der Waals surface area (Å²) in [4.78, 5) is 12.6. The minimum atomic E-state index is -1.93. The van der Waals surface area contributed by atoms with E-state index in [0.717, 1.165) is 6.08 Å². The molecule has 0 spiro atoms. The van der Waals surface area contributed by atoms with Crippen LogP contribution in [-0.2, 0) is 44.4 Å². The zero-order valence-electron chi connectivity index (χ0n) is 29.2. The Kier molecular flexibility index (Phi) is 14.3. The van der Waals surface area contributed by atoms with E-state index in [1.807, 2.05) is 0 Å². The Labute approximate surface area is 313 Å². The molecular formula is C35H46O20. The van der Waals surface area contributed by atoms with Crippen LogP contribution in [0.3, 0.4) is 0 Å². The van der Waals surface area contributed by atoms with Gasteiger partial charge >= 0.3 is 5.97 Å². The molecule has 0 saturated carbocycles. The van der Waals surface area contributed by atoms with Crippen molar-refractivity contribution in [1.82, 2.24) is 0 Å². The zero-order valence-corrected chi connectivity index (χ0v) is 29.2. The molecule has 15 unspecified atom stereocenters. The number of benzene rings is 2. The molecule has 3 aliphatic rings. The number of hydrogen-bond acceptors (Lipinski definition) is 20. The molecule has 3 fully saturated rings. The highest BCUT2D eigenvalue weighted by atomic mass is 16.8. The maximum Gasteiger partial charge on any atom is 0.330 e. The van der Waals surface area contributed by atoms with Crippen LogP contribution in [0.2, 0.25) is 0 Å². The second-order valence-corrected chi connectivity index (χ2v) is 13.3. The number of hydrogen-bond donors (Lipinski definition) is 12. The molecule has 12 N–H and O–H groups in total. The number of esters is 1. The molecule has 2 aromatic carbocycles. The van der Waals surface area contributed by atoms with E-state index in [1.165, 1.54) is 49.4 Å². The topological polar surface area (TPSA) is 324 Å². The third kappa shape index (κ3) is 10.0. The van der Waals surface area contributed by atoms with E-state index in [0.29, 0.717) is 11.1 Å². The summed E-state index contributed by atoms with van der Waals surface area (Å²) in [6.07, 6.45) is -22.9. The molecule has 5 rings (SSSR count). The normalized spacial score (nSPS) is 36.9. The summed E-state index contributed by atoms with van der Waals surface area (Å²) in [5.74, 6) is -2.44. The van der Waals surface area contributed by atoms with Gasteiger partial charge in [-0.1, -0.05) is 12.1 Å². The number of carbonyl (C=O) groups is 1. The predicted octanol–water partition coefficient (Wildman–Crippen LogP) is -3.19. The average molecular weight is 787 g/mol. The van der Waals surface area contributed by atoms with Crippen LogP contribution in [0, 0.1) is 0 Å². The van der Waals surface area contributed by atoms with Gasteiger partial charge in [-0.05, 0) is 54.8 Å². The fourth-order valence-electron chi connectivity index (χ4n) is 6.12. The molecule has 2 aromatic rings. The highest BCUT2D eigenvalue weighted by molar-refractivity contribution is 5.87. The molecule has 0 amide bonds. The Bertz CT molecular complexity index is 1610. The van der Waals surface area contributed by atoms with Crippen molar-refractivity contribution >= 4 is 12.0 Å². The lowest BCUT2D eigenvalue weighted by molar-refractivity contribution is -0.386. The molecule has 0 aliphatic carbocycles. The molecule has 0 bridgehead atoms. The van der Waals surface area contributed by atoms with E-state index in [1.54, 1.807) is 0 Å². The molecule has 55 heavy (non-hydrogen) atoms. The largest absolute Gasteiger partial charge is 0.504 e. The van der Waals surface area contributed by atoms with E-state index in [-0.39, 0.29) is 30.3 Å². The lowest BCUT2D eigenvalue weighted by Crippen LogP contribution is -2.66. The monoisotopic (exact) mass is 786 g/mol. The van der Waals surface area contributed by atoms with Gasteiger partial charge in [0.05, 0.1) is 19.3 Å². The first-order valence-electron chi connectivity index (χ1n) is 17.2. The van der Waals surface area contributed by atoms with Crippen molar-refractivity contribution in [1.29, 1.82) is 0 Å². The predicted molar refractivity (Wildman–Crippen MR) is 180 cm³/mol. The molecule has 3 heterocycles. The second kappa shape index (κ2) is 18.5. The first-order valence-corrected chi connectivity index (χ1v) is 17.2. The molecule has 20 heteroatoms. The number of carbonyl (C=O) groups excluding carboxylic acids is 1. The third-order valence-electron chi connectivity index (χ3n) is 9.37. The lowest BCUT2D eigenvalue weighted by Gasteiger charge is -2.48. The Balaban J connectivity index is 1.34. The van der Waals surface area contributed by atoms with Crippen LogP contribution < -0.4 is 0 Å². The maximum absolute atomic E-state index is 12.6. The fraction of sp³-hybridized carbons (Fsp3) is 0.571. The highest BCUT2D eigenvalue weighted by Gasteiger charge is 2.53. The van der Waals surface area contributed by atoms with Gasteiger partial charge in [-0.2, -0.15) is 0 Å². The van der Waals surface area contributed by atoms with Crippen molar-refractivity contribution in [2.45, 2.75) is 105 Å².